The summed E-state index contributed by atoms with van der Waals surface area (Å²) in [5.74, 6) is -0.0404. The van der Waals surface area contributed by atoms with Crippen molar-refractivity contribution in [3.05, 3.63) is 29.3 Å². The third-order valence-electron chi connectivity index (χ3n) is 1.70. The highest BCUT2D eigenvalue weighted by atomic mass is 16.3. The van der Waals surface area contributed by atoms with Gasteiger partial charge in [-0.05, 0) is 24.6 Å². The lowest BCUT2D eigenvalue weighted by molar-refractivity contribution is 0.0962. The second-order valence-corrected chi connectivity index (χ2v) is 2.58. The fourth-order valence-corrected chi connectivity index (χ4v) is 0.895. The summed E-state index contributed by atoms with van der Waals surface area (Å²) in [6.45, 7) is 1.78. The van der Waals surface area contributed by atoms with Crippen LogP contribution < -0.4 is 5.32 Å². The second kappa shape index (κ2) is 3.26. The Bertz CT molecular complexity index is 307. The Morgan fingerprint density at radius 1 is 1.50 bits per heavy atom. The Balaban J connectivity index is 3.05. The van der Waals surface area contributed by atoms with Crippen molar-refractivity contribution in [1.82, 2.24) is 5.32 Å². The lowest BCUT2D eigenvalue weighted by Crippen LogP contribution is -2.17. The van der Waals surface area contributed by atoms with Gasteiger partial charge < -0.3 is 10.4 Å². The number of hydrogen-bond acceptors (Lipinski definition) is 2. The molecule has 0 spiro atoms. The molecule has 0 atom stereocenters. The van der Waals surface area contributed by atoms with Gasteiger partial charge in [-0.3, -0.25) is 4.79 Å². The van der Waals surface area contributed by atoms with Gasteiger partial charge in [-0.15, -0.1) is 0 Å². The normalized spacial score (nSPS) is 9.50. The maximum atomic E-state index is 11.1. The minimum Gasteiger partial charge on any atom is -0.508 e. The van der Waals surface area contributed by atoms with Gasteiger partial charge in [0.1, 0.15) is 5.75 Å². The van der Waals surface area contributed by atoms with E-state index < -0.39 is 0 Å². The van der Waals surface area contributed by atoms with Crippen LogP contribution in [0.2, 0.25) is 0 Å². The summed E-state index contributed by atoms with van der Waals surface area (Å²) >= 11 is 0. The summed E-state index contributed by atoms with van der Waals surface area (Å²) in [6, 6.07) is 4.84. The molecule has 3 nitrogen and oxygen atoms in total. The van der Waals surface area contributed by atoms with Gasteiger partial charge in [-0.1, -0.05) is 6.07 Å². The molecule has 0 aliphatic rings. The second-order valence-electron chi connectivity index (χ2n) is 2.58. The number of phenols is 1. The summed E-state index contributed by atoms with van der Waals surface area (Å²) in [6.07, 6.45) is 0. The average molecular weight is 165 g/mol. The van der Waals surface area contributed by atoms with Crippen LogP contribution in [0.4, 0.5) is 0 Å². The van der Waals surface area contributed by atoms with E-state index in [-0.39, 0.29) is 11.7 Å². The van der Waals surface area contributed by atoms with Gasteiger partial charge in [0.05, 0.1) is 0 Å². The number of hydrogen-bond donors (Lipinski definition) is 2. The molecule has 0 saturated carbocycles. The van der Waals surface area contributed by atoms with Gasteiger partial charge in [0, 0.05) is 12.6 Å². The molecule has 0 aromatic heterocycles. The summed E-state index contributed by atoms with van der Waals surface area (Å²) in [4.78, 5) is 11.1. The highest BCUT2D eigenvalue weighted by Crippen LogP contribution is 2.16. The minimum atomic E-state index is -0.190. The molecule has 3 heteroatoms. The predicted octanol–water partition coefficient (Wildman–Crippen LogP) is 1.06. The maximum Gasteiger partial charge on any atom is 0.251 e. The number of carbonyl (C=O) groups is 1. The van der Waals surface area contributed by atoms with Crippen LogP contribution in [0, 0.1) is 6.92 Å². The molecule has 0 heterocycles. The topological polar surface area (TPSA) is 49.3 Å². The maximum absolute atomic E-state index is 11.1. The molecular formula is C9H11NO2. The van der Waals surface area contributed by atoms with Crippen molar-refractivity contribution in [3.8, 4) is 5.75 Å². The van der Waals surface area contributed by atoms with Crippen LogP contribution in [0.1, 0.15) is 15.9 Å². The molecule has 0 fully saturated rings. The average Bonchev–Trinajstić information content (AvgIpc) is 2.08. The largest absolute Gasteiger partial charge is 0.508 e. The van der Waals surface area contributed by atoms with E-state index in [1.165, 1.54) is 6.07 Å². The Morgan fingerprint density at radius 2 is 2.17 bits per heavy atom. The number of rotatable bonds is 1. The Kier molecular flexibility index (Phi) is 2.33. The molecule has 12 heavy (non-hydrogen) atoms. The first-order valence-electron chi connectivity index (χ1n) is 3.67. The summed E-state index contributed by atoms with van der Waals surface area (Å²) in [7, 11) is 1.55. The van der Waals surface area contributed by atoms with Gasteiger partial charge in [-0.2, -0.15) is 0 Å². The molecule has 2 N–H and O–H groups in total. The number of carbonyl (C=O) groups excluding carboxylic acids is 1. The SMILES string of the molecule is CNC(=O)c1ccc(C)c(O)c1. The van der Waals surface area contributed by atoms with Crippen LogP contribution in [-0.2, 0) is 0 Å². The van der Waals surface area contributed by atoms with Crippen LogP contribution in [0.3, 0.4) is 0 Å². The van der Waals surface area contributed by atoms with Gasteiger partial charge >= 0.3 is 0 Å². The first-order chi connectivity index (χ1) is 5.65. The summed E-state index contributed by atoms with van der Waals surface area (Å²) in [5, 5.41) is 11.7. The fraction of sp³-hybridized carbons (Fsp3) is 0.222. The molecule has 1 aromatic rings. The van der Waals surface area contributed by atoms with E-state index in [4.69, 9.17) is 0 Å². The highest BCUT2D eigenvalue weighted by Gasteiger charge is 2.04. The van der Waals surface area contributed by atoms with E-state index in [0.717, 1.165) is 5.56 Å². The first-order valence-corrected chi connectivity index (χ1v) is 3.67. The van der Waals surface area contributed by atoms with Crippen molar-refractivity contribution in [2.24, 2.45) is 0 Å². The Hall–Kier alpha value is -1.51. The number of nitrogens with one attached hydrogen (secondary N) is 1. The molecule has 1 rings (SSSR count). The molecule has 0 saturated heterocycles. The zero-order valence-corrected chi connectivity index (χ0v) is 7.09. The van der Waals surface area contributed by atoms with Crippen LogP contribution >= 0.6 is 0 Å². The van der Waals surface area contributed by atoms with Crippen molar-refractivity contribution in [2.45, 2.75) is 6.92 Å². The molecule has 1 amide bonds. The van der Waals surface area contributed by atoms with Crippen molar-refractivity contribution in [1.29, 1.82) is 0 Å². The molecule has 0 bridgehead atoms. The van der Waals surface area contributed by atoms with E-state index in [1.54, 1.807) is 26.1 Å². The predicted molar refractivity (Wildman–Crippen MR) is 46.2 cm³/mol. The Labute approximate surface area is 71.0 Å². The van der Waals surface area contributed by atoms with E-state index in [9.17, 15) is 9.90 Å². The third kappa shape index (κ3) is 1.56. The van der Waals surface area contributed by atoms with Gasteiger partial charge in [-0.25, -0.2) is 0 Å². The van der Waals surface area contributed by atoms with Crippen LogP contribution in [-0.4, -0.2) is 18.1 Å². The van der Waals surface area contributed by atoms with Crippen molar-refractivity contribution in [3.63, 3.8) is 0 Å². The molecule has 1 aromatic carbocycles. The van der Waals surface area contributed by atoms with Gasteiger partial charge in [0.15, 0.2) is 0 Å². The van der Waals surface area contributed by atoms with E-state index >= 15 is 0 Å². The monoisotopic (exact) mass is 165 g/mol. The first kappa shape index (κ1) is 8.59. The molecule has 0 unspecified atom stereocenters. The summed E-state index contributed by atoms with van der Waals surface area (Å²) in [5.41, 5.74) is 1.24. The van der Waals surface area contributed by atoms with Crippen LogP contribution in [0.25, 0.3) is 0 Å². The highest BCUT2D eigenvalue weighted by molar-refractivity contribution is 5.94. The number of phenolic OH excluding ortho intramolecular Hbond substituents is 1. The zero-order valence-electron chi connectivity index (χ0n) is 7.09. The van der Waals surface area contributed by atoms with Gasteiger partial charge in [0.2, 0.25) is 0 Å². The standard InChI is InChI=1S/C9H11NO2/c1-6-3-4-7(5-8(6)11)9(12)10-2/h3-5,11H,1-2H3,(H,10,12). The molecule has 0 aliphatic carbocycles. The lowest BCUT2D eigenvalue weighted by Gasteiger charge is -2.01. The van der Waals surface area contributed by atoms with Crippen molar-refractivity contribution >= 4 is 5.91 Å². The number of benzene rings is 1. The molecule has 0 radical (unpaired) electrons. The van der Waals surface area contributed by atoms with E-state index in [2.05, 4.69) is 5.32 Å². The minimum absolute atomic E-state index is 0.149. The Morgan fingerprint density at radius 3 is 2.67 bits per heavy atom. The quantitative estimate of drug-likeness (QED) is 0.653. The third-order valence-corrected chi connectivity index (χ3v) is 1.70. The fourth-order valence-electron chi connectivity index (χ4n) is 0.895. The lowest BCUT2D eigenvalue weighted by atomic mass is 10.1. The zero-order chi connectivity index (χ0) is 9.14. The van der Waals surface area contributed by atoms with Crippen molar-refractivity contribution < 1.29 is 9.90 Å². The van der Waals surface area contributed by atoms with E-state index in [1.807, 2.05) is 0 Å². The number of aryl methyl sites for hydroxylation is 1. The molecular weight excluding hydrogens is 154 g/mol. The van der Waals surface area contributed by atoms with Crippen LogP contribution in [0.15, 0.2) is 18.2 Å². The number of amides is 1. The number of aromatic hydroxyl groups is 1. The van der Waals surface area contributed by atoms with E-state index in [0.29, 0.717) is 5.56 Å². The molecule has 0 aliphatic heterocycles. The molecule has 64 valence electrons. The smallest absolute Gasteiger partial charge is 0.251 e. The van der Waals surface area contributed by atoms with Crippen LogP contribution in [0.5, 0.6) is 5.75 Å². The van der Waals surface area contributed by atoms with Gasteiger partial charge in [0.25, 0.3) is 5.91 Å². The van der Waals surface area contributed by atoms with Crippen molar-refractivity contribution in [2.75, 3.05) is 7.05 Å². The summed E-state index contributed by atoms with van der Waals surface area (Å²) < 4.78 is 0.